The highest BCUT2D eigenvalue weighted by Crippen LogP contribution is 2.32. The highest BCUT2D eigenvalue weighted by molar-refractivity contribution is 8.00. The van der Waals surface area contributed by atoms with E-state index >= 15 is 0 Å². The van der Waals surface area contributed by atoms with Crippen LogP contribution in [0.15, 0.2) is 83.1 Å². The number of aromatic nitrogens is 1. The number of nitrogens with zero attached hydrogens (tertiary/aromatic N) is 1. The largest absolute Gasteiger partial charge is 0.322 e. The molecule has 1 atom stereocenters. The van der Waals surface area contributed by atoms with Crippen LogP contribution in [0.25, 0.3) is 11.3 Å². The monoisotopic (exact) mass is 521 g/mol. The molecule has 0 bridgehead atoms. The van der Waals surface area contributed by atoms with Crippen LogP contribution < -0.4 is 10.6 Å². The van der Waals surface area contributed by atoms with Crippen molar-refractivity contribution in [1.82, 2.24) is 4.98 Å². The second-order valence-electron chi connectivity index (χ2n) is 7.87. The maximum Gasteiger partial charge on any atom is 0.255 e. The Morgan fingerprint density at radius 3 is 2.60 bits per heavy atom. The summed E-state index contributed by atoms with van der Waals surface area (Å²) in [5, 5.41) is 8.58. The van der Waals surface area contributed by atoms with Crippen LogP contribution in [-0.2, 0) is 4.79 Å². The van der Waals surface area contributed by atoms with Crippen molar-refractivity contribution < 1.29 is 9.59 Å². The van der Waals surface area contributed by atoms with Gasteiger partial charge in [-0.05, 0) is 49.7 Å². The number of halogens is 1. The van der Waals surface area contributed by atoms with E-state index in [1.807, 2.05) is 86.0 Å². The molecule has 0 aliphatic heterocycles. The molecule has 0 saturated carbocycles. The lowest BCUT2D eigenvalue weighted by molar-refractivity contribution is -0.115. The average Bonchev–Trinajstić information content (AvgIpc) is 3.31. The van der Waals surface area contributed by atoms with E-state index in [9.17, 15) is 9.59 Å². The Morgan fingerprint density at radius 1 is 1.03 bits per heavy atom. The summed E-state index contributed by atoms with van der Waals surface area (Å²) in [6.45, 7) is 3.92. The summed E-state index contributed by atoms with van der Waals surface area (Å²) >= 11 is 9.09. The minimum Gasteiger partial charge on any atom is -0.322 e. The van der Waals surface area contributed by atoms with Crippen molar-refractivity contribution in [3.63, 3.8) is 0 Å². The highest BCUT2D eigenvalue weighted by Gasteiger charge is 2.20. The molecule has 2 N–H and O–H groups in total. The fourth-order valence-corrected chi connectivity index (χ4v) is 5.39. The average molecular weight is 522 g/mol. The van der Waals surface area contributed by atoms with E-state index < -0.39 is 0 Å². The lowest BCUT2D eigenvalue weighted by atomic mass is 10.1. The number of thiazole rings is 1. The topological polar surface area (TPSA) is 71.1 Å². The van der Waals surface area contributed by atoms with Crippen LogP contribution in [0.1, 0.15) is 29.3 Å². The Balaban J connectivity index is 1.41. The van der Waals surface area contributed by atoms with Gasteiger partial charge in [0, 0.05) is 32.1 Å². The maximum atomic E-state index is 13.0. The van der Waals surface area contributed by atoms with Gasteiger partial charge >= 0.3 is 0 Å². The van der Waals surface area contributed by atoms with E-state index in [1.54, 1.807) is 6.07 Å². The number of anilines is 2. The number of nitrogens with one attached hydrogen (secondary N) is 2. The van der Waals surface area contributed by atoms with Gasteiger partial charge in [0.15, 0.2) is 5.13 Å². The van der Waals surface area contributed by atoms with Crippen LogP contribution in [0.2, 0.25) is 5.02 Å². The number of thioether (sulfide) groups is 1. The smallest absolute Gasteiger partial charge is 0.255 e. The number of carbonyl (C=O) groups excluding carboxylic acids is 2. The normalized spacial score (nSPS) is 11.6. The Kier molecular flexibility index (Phi) is 8.23. The number of hydrogen-bond donors (Lipinski definition) is 2. The second kappa shape index (κ2) is 11.5. The molecule has 178 valence electrons. The number of amides is 2. The van der Waals surface area contributed by atoms with Crippen molar-refractivity contribution in [1.29, 1.82) is 0 Å². The van der Waals surface area contributed by atoms with Crippen molar-refractivity contribution >= 4 is 57.3 Å². The molecule has 5 nitrogen and oxygen atoms in total. The van der Waals surface area contributed by atoms with E-state index in [0.717, 1.165) is 21.7 Å². The zero-order valence-electron chi connectivity index (χ0n) is 19.2. The number of hydrogen-bond acceptors (Lipinski definition) is 5. The molecule has 0 aliphatic rings. The fraction of sp³-hybridized carbons (Fsp3) is 0.148. The van der Waals surface area contributed by atoms with Gasteiger partial charge in [0.05, 0.1) is 10.9 Å². The van der Waals surface area contributed by atoms with Crippen LogP contribution in [-0.4, -0.2) is 22.0 Å². The molecule has 2 amide bonds. The van der Waals surface area contributed by atoms with Crippen molar-refractivity contribution in [2.75, 3.05) is 10.6 Å². The molecule has 0 radical (unpaired) electrons. The predicted octanol–water partition coefficient (Wildman–Crippen LogP) is 7.53. The molecule has 1 heterocycles. The Morgan fingerprint density at radius 2 is 1.83 bits per heavy atom. The third kappa shape index (κ3) is 6.51. The SMILES string of the molecule is CCC(Sc1cccc(NC(=O)c2cccc(C)c2)c1)C(=O)Nc1nc(-c2ccccc2Cl)cs1. The second-order valence-corrected chi connectivity index (χ2v) is 10.4. The molecule has 0 aliphatic carbocycles. The molecule has 1 unspecified atom stereocenters. The molecule has 0 saturated heterocycles. The molecular formula is C27H24ClN3O2S2. The van der Waals surface area contributed by atoms with Crippen LogP contribution in [0.4, 0.5) is 10.8 Å². The first kappa shape index (κ1) is 25.0. The van der Waals surface area contributed by atoms with Gasteiger partial charge < -0.3 is 10.6 Å². The minimum absolute atomic E-state index is 0.119. The molecule has 1 aromatic heterocycles. The first-order valence-electron chi connectivity index (χ1n) is 11.1. The third-order valence-electron chi connectivity index (χ3n) is 5.20. The number of aryl methyl sites for hydroxylation is 1. The highest BCUT2D eigenvalue weighted by atomic mass is 35.5. The van der Waals surface area contributed by atoms with E-state index in [4.69, 9.17) is 11.6 Å². The zero-order valence-corrected chi connectivity index (χ0v) is 21.6. The van der Waals surface area contributed by atoms with Gasteiger partial charge in [0.2, 0.25) is 5.91 Å². The molecule has 0 fully saturated rings. The predicted molar refractivity (Wildman–Crippen MR) is 147 cm³/mol. The van der Waals surface area contributed by atoms with E-state index in [0.29, 0.717) is 27.8 Å². The molecule has 0 spiro atoms. The summed E-state index contributed by atoms with van der Waals surface area (Å²) in [6.07, 6.45) is 0.638. The van der Waals surface area contributed by atoms with Gasteiger partial charge in [0.1, 0.15) is 0 Å². The van der Waals surface area contributed by atoms with Gasteiger partial charge in [-0.25, -0.2) is 4.98 Å². The van der Waals surface area contributed by atoms with Crippen molar-refractivity contribution in [3.8, 4) is 11.3 Å². The summed E-state index contributed by atoms with van der Waals surface area (Å²) in [5.41, 5.74) is 3.87. The Bertz CT molecular complexity index is 1360. The van der Waals surface area contributed by atoms with Gasteiger partial charge in [-0.15, -0.1) is 23.1 Å². The molecular weight excluding hydrogens is 498 g/mol. The standard InChI is InChI=1S/C27H24ClN3O2S2/c1-3-24(26(33)31-27-30-23(16-34-27)21-12-4-5-13-22(21)28)35-20-11-7-10-19(15-20)29-25(32)18-9-6-8-17(2)14-18/h4-16,24H,3H2,1-2H3,(H,29,32)(H,30,31,33). The summed E-state index contributed by atoms with van der Waals surface area (Å²) in [4.78, 5) is 31.0. The van der Waals surface area contributed by atoms with Crippen LogP contribution in [0, 0.1) is 6.92 Å². The first-order chi connectivity index (χ1) is 16.9. The Labute approximate surface area is 218 Å². The van der Waals surface area contributed by atoms with Gasteiger partial charge in [-0.3, -0.25) is 9.59 Å². The van der Waals surface area contributed by atoms with Crippen molar-refractivity contribution in [2.45, 2.75) is 30.4 Å². The van der Waals surface area contributed by atoms with Gasteiger partial charge in [-0.2, -0.15) is 0 Å². The Hall–Kier alpha value is -3.13. The quantitative estimate of drug-likeness (QED) is 0.235. The zero-order chi connectivity index (χ0) is 24.8. The van der Waals surface area contributed by atoms with Gasteiger partial charge in [0.25, 0.3) is 5.91 Å². The van der Waals surface area contributed by atoms with Crippen LogP contribution in [0.3, 0.4) is 0 Å². The molecule has 8 heteroatoms. The molecule has 4 rings (SSSR count). The summed E-state index contributed by atoms with van der Waals surface area (Å²) in [5.74, 6) is -0.287. The van der Waals surface area contributed by atoms with E-state index in [1.165, 1.54) is 23.1 Å². The number of carbonyl (C=O) groups is 2. The molecule has 35 heavy (non-hydrogen) atoms. The maximum absolute atomic E-state index is 13.0. The minimum atomic E-state index is -0.314. The van der Waals surface area contributed by atoms with Crippen LogP contribution >= 0.6 is 34.7 Å². The lowest BCUT2D eigenvalue weighted by Gasteiger charge is -2.14. The van der Waals surface area contributed by atoms with E-state index in [-0.39, 0.29) is 17.1 Å². The third-order valence-corrected chi connectivity index (χ3v) is 7.64. The fourth-order valence-electron chi connectivity index (χ4n) is 3.43. The number of rotatable bonds is 8. The van der Waals surface area contributed by atoms with Gasteiger partial charge in [-0.1, -0.05) is 60.5 Å². The first-order valence-corrected chi connectivity index (χ1v) is 13.2. The lowest BCUT2D eigenvalue weighted by Crippen LogP contribution is -2.24. The summed E-state index contributed by atoms with van der Waals surface area (Å²) < 4.78 is 0. The summed E-state index contributed by atoms with van der Waals surface area (Å²) in [6, 6.07) is 22.5. The van der Waals surface area contributed by atoms with Crippen molar-refractivity contribution in [3.05, 3.63) is 94.3 Å². The van der Waals surface area contributed by atoms with Crippen molar-refractivity contribution in [2.24, 2.45) is 0 Å². The summed E-state index contributed by atoms with van der Waals surface area (Å²) in [7, 11) is 0. The van der Waals surface area contributed by atoms with Crippen LogP contribution in [0.5, 0.6) is 0 Å². The molecule has 4 aromatic rings. The number of benzene rings is 3. The van der Waals surface area contributed by atoms with E-state index in [2.05, 4.69) is 15.6 Å². The molecule has 3 aromatic carbocycles.